The number of hydrogen-bond donors (Lipinski definition) is 1. The molecule has 6 nitrogen and oxygen atoms in total. The second-order valence-electron chi connectivity index (χ2n) is 2.96. The van der Waals surface area contributed by atoms with Crippen LogP contribution in [0.3, 0.4) is 0 Å². The van der Waals surface area contributed by atoms with Crippen molar-refractivity contribution in [1.29, 1.82) is 0 Å². The first-order chi connectivity index (χ1) is 6.95. The molecule has 0 spiro atoms. The molecule has 0 aromatic heterocycles. The standard InChI is InChI=1S/C5H3F3INO5S/c6-5(7,8)4(16(13,14)15)1-2(11)10(9)3(4)12/h1H2,(H,13,14,15). The van der Waals surface area contributed by atoms with Gasteiger partial charge in [0.25, 0.3) is 20.8 Å². The molecule has 1 rings (SSSR count). The van der Waals surface area contributed by atoms with Crippen LogP contribution in [0.4, 0.5) is 13.2 Å². The zero-order valence-corrected chi connectivity index (χ0v) is 10.1. The Kier molecular flexibility index (Phi) is 3.01. The van der Waals surface area contributed by atoms with Crippen LogP contribution in [0, 0.1) is 0 Å². The van der Waals surface area contributed by atoms with Crippen molar-refractivity contribution in [2.45, 2.75) is 17.3 Å². The van der Waals surface area contributed by atoms with Crippen molar-refractivity contribution in [3.8, 4) is 0 Å². The lowest BCUT2D eigenvalue weighted by Crippen LogP contribution is -2.56. The van der Waals surface area contributed by atoms with Gasteiger partial charge in [-0.1, -0.05) is 0 Å². The third-order valence-electron chi connectivity index (χ3n) is 2.04. The normalized spacial score (nSPS) is 27.7. The molecule has 1 saturated heterocycles. The number of carbonyl (C=O) groups excluding carboxylic acids is 2. The van der Waals surface area contributed by atoms with Crippen LogP contribution in [0.2, 0.25) is 0 Å². The summed E-state index contributed by atoms with van der Waals surface area (Å²) in [5.41, 5.74) is 0. The van der Waals surface area contributed by atoms with E-state index in [1.54, 1.807) is 0 Å². The molecule has 0 aromatic rings. The molecule has 1 fully saturated rings. The number of carbonyl (C=O) groups is 2. The van der Waals surface area contributed by atoms with Crippen molar-refractivity contribution >= 4 is 44.8 Å². The maximum absolute atomic E-state index is 12.6. The van der Waals surface area contributed by atoms with Crippen molar-refractivity contribution in [3.63, 3.8) is 0 Å². The molecule has 1 heterocycles. The summed E-state index contributed by atoms with van der Waals surface area (Å²) in [7, 11) is -5.78. The Bertz CT molecular complexity index is 459. The molecule has 0 saturated carbocycles. The highest BCUT2D eigenvalue weighted by Gasteiger charge is 2.75. The van der Waals surface area contributed by atoms with E-state index in [9.17, 15) is 31.2 Å². The first-order valence-corrected chi connectivity index (χ1v) is 5.92. The first kappa shape index (κ1) is 13.6. The van der Waals surface area contributed by atoms with E-state index in [0.29, 0.717) is 0 Å². The van der Waals surface area contributed by atoms with E-state index in [4.69, 9.17) is 4.55 Å². The Morgan fingerprint density at radius 1 is 1.38 bits per heavy atom. The Labute approximate surface area is 101 Å². The Hall–Kier alpha value is -0.430. The summed E-state index contributed by atoms with van der Waals surface area (Å²) < 4.78 is 63.7. The van der Waals surface area contributed by atoms with Crippen molar-refractivity contribution < 1.29 is 35.7 Å². The van der Waals surface area contributed by atoms with Crippen molar-refractivity contribution in [2.24, 2.45) is 0 Å². The van der Waals surface area contributed by atoms with Crippen LogP contribution in [0.5, 0.6) is 0 Å². The predicted molar refractivity (Wildman–Crippen MR) is 50.8 cm³/mol. The average Bonchev–Trinajstić information content (AvgIpc) is 2.27. The summed E-state index contributed by atoms with van der Waals surface area (Å²) in [5.74, 6) is -3.34. The van der Waals surface area contributed by atoms with E-state index in [1.807, 2.05) is 0 Å². The van der Waals surface area contributed by atoms with Gasteiger partial charge < -0.3 is 0 Å². The van der Waals surface area contributed by atoms with Crippen LogP contribution >= 0.6 is 22.9 Å². The number of nitrogens with zero attached hydrogens (tertiary/aromatic N) is 1. The highest BCUT2D eigenvalue weighted by atomic mass is 127. The summed E-state index contributed by atoms with van der Waals surface area (Å²) in [6.07, 6.45) is -7.20. The summed E-state index contributed by atoms with van der Waals surface area (Å²) in [4.78, 5) is 22.1. The van der Waals surface area contributed by atoms with Gasteiger partial charge in [0.15, 0.2) is 0 Å². The van der Waals surface area contributed by atoms with Crippen LogP contribution in [0.25, 0.3) is 0 Å². The zero-order chi connectivity index (χ0) is 12.9. The minimum Gasteiger partial charge on any atom is -0.284 e. The number of hydrogen-bond acceptors (Lipinski definition) is 4. The molecule has 11 heteroatoms. The molecule has 1 atom stereocenters. The van der Waals surface area contributed by atoms with Gasteiger partial charge in [-0.15, -0.1) is 0 Å². The molecule has 1 aliphatic rings. The van der Waals surface area contributed by atoms with E-state index >= 15 is 0 Å². The van der Waals surface area contributed by atoms with Gasteiger partial charge in [0.2, 0.25) is 5.91 Å². The van der Waals surface area contributed by atoms with Crippen LogP contribution < -0.4 is 0 Å². The second-order valence-corrected chi connectivity index (χ2v) is 5.57. The second kappa shape index (κ2) is 3.53. The van der Waals surface area contributed by atoms with Gasteiger partial charge in [-0.2, -0.15) is 21.6 Å². The molecule has 0 aliphatic carbocycles. The smallest absolute Gasteiger partial charge is 0.284 e. The molecule has 0 aromatic carbocycles. The number of amides is 2. The molecule has 1 N–H and O–H groups in total. The fraction of sp³-hybridized carbons (Fsp3) is 0.600. The minimum atomic E-state index is -5.78. The monoisotopic (exact) mass is 373 g/mol. The number of halogens is 4. The highest BCUT2D eigenvalue weighted by molar-refractivity contribution is 14.1. The van der Waals surface area contributed by atoms with E-state index in [-0.39, 0.29) is 3.11 Å². The summed E-state index contributed by atoms with van der Waals surface area (Å²) >= 11 is 0.948. The number of alkyl halides is 3. The molecule has 1 aliphatic heterocycles. The van der Waals surface area contributed by atoms with Gasteiger partial charge >= 0.3 is 6.18 Å². The highest BCUT2D eigenvalue weighted by Crippen LogP contribution is 2.45. The number of imide groups is 1. The molecular formula is C5H3F3INO5S. The lowest BCUT2D eigenvalue weighted by atomic mass is 10.1. The van der Waals surface area contributed by atoms with Crippen LogP contribution in [0.15, 0.2) is 0 Å². The van der Waals surface area contributed by atoms with E-state index in [1.165, 1.54) is 0 Å². The van der Waals surface area contributed by atoms with Gasteiger partial charge in [-0.05, 0) is 0 Å². The van der Waals surface area contributed by atoms with Crippen molar-refractivity contribution in [3.05, 3.63) is 0 Å². The van der Waals surface area contributed by atoms with E-state index < -0.39 is 39.3 Å². The Morgan fingerprint density at radius 3 is 1.94 bits per heavy atom. The first-order valence-electron chi connectivity index (χ1n) is 3.52. The lowest BCUT2D eigenvalue weighted by Gasteiger charge is -2.24. The SMILES string of the molecule is O=C1CC(C(F)(F)F)(S(=O)(=O)O)C(=O)N1I. The molecular weight excluding hydrogens is 370 g/mol. The van der Waals surface area contributed by atoms with Crippen LogP contribution in [-0.4, -0.2) is 38.8 Å². The fourth-order valence-electron chi connectivity index (χ4n) is 1.20. The van der Waals surface area contributed by atoms with Crippen LogP contribution in [0.1, 0.15) is 6.42 Å². The van der Waals surface area contributed by atoms with Gasteiger partial charge in [0.05, 0.1) is 29.3 Å². The van der Waals surface area contributed by atoms with Crippen molar-refractivity contribution in [2.75, 3.05) is 0 Å². The minimum absolute atomic E-state index is 0.000972. The van der Waals surface area contributed by atoms with Gasteiger partial charge in [0, 0.05) is 0 Å². The molecule has 16 heavy (non-hydrogen) atoms. The topological polar surface area (TPSA) is 91.7 Å². The Balaban J connectivity index is 3.54. The molecule has 1 unspecified atom stereocenters. The maximum atomic E-state index is 12.6. The third kappa shape index (κ3) is 1.60. The summed E-state index contributed by atoms with van der Waals surface area (Å²) in [6.45, 7) is 0. The van der Waals surface area contributed by atoms with Gasteiger partial charge in [0.1, 0.15) is 0 Å². The maximum Gasteiger partial charge on any atom is 0.420 e. The third-order valence-corrected chi connectivity index (χ3v) is 4.45. The van der Waals surface area contributed by atoms with Crippen molar-refractivity contribution in [1.82, 2.24) is 3.11 Å². The van der Waals surface area contributed by atoms with E-state index in [0.717, 1.165) is 22.9 Å². The Morgan fingerprint density at radius 2 is 1.81 bits per heavy atom. The van der Waals surface area contributed by atoms with E-state index in [2.05, 4.69) is 0 Å². The molecule has 2 amide bonds. The summed E-state index contributed by atoms with van der Waals surface area (Å²) in [5, 5.41) is 0. The fourth-order valence-corrected chi connectivity index (χ4v) is 2.86. The molecule has 92 valence electrons. The number of rotatable bonds is 1. The summed E-state index contributed by atoms with van der Waals surface area (Å²) in [6, 6.07) is 0. The molecule has 0 radical (unpaired) electrons. The van der Waals surface area contributed by atoms with Gasteiger partial charge in [-0.25, -0.2) is 3.11 Å². The zero-order valence-electron chi connectivity index (χ0n) is 7.15. The average molecular weight is 373 g/mol. The molecule has 0 bridgehead atoms. The van der Waals surface area contributed by atoms with Crippen LogP contribution in [-0.2, 0) is 19.7 Å². The van der Waals surface area contributed by atoms with Gasteiger partial charge in [-0.3, -0.25) is 14.1 Å². The predicted octanol–water partition coefficient (Wildman–Crippen LogP) is 0.284. The largest absolute Gasteiger partial charge is 0.420 e. The lowest BCUT2D eigenvalue weighted by molar-refractivity contribution is -0.171. The quantitative estimate of drug-likeness (QED) is 0.309.